The first-order chi connectivity index (χ1) is 11.6. The molecular formula is C18H32N2O3Si. The topological polar surface area (TPSA) is 57.0 Å². The lowest BCUT2D eigenvalue weighted by atomic mass is 10.1. The summed E-state index contributed by atoms with van der Waals surface area (Å²) < 4.78 is 16.4. The molecule has 1 rings (SSSR count). The Morgan fingerprint density at radius 3 is 2.25 bits per heavy atom. The maximum absolute atomic E-state index is 5.78. The number of hydrogen-bond donors (Lipinski definition) is 1. The van der Waals surface area contributed by atoms with Crippen LogP contribution in [0, 0.1) is 0 Å². The Labute approximate surface area is 147 Å². The Balaban J connectivity index is 2.57. The van der Waals surface area contributed by atoms with E-state index in [1.54, 1.807) is 21.3 Å². The summed E-state index contributed by atoms with van der Waals surface area (Å²) in [4.78, 5) is 2.37. The molecule has 5 nitrogen and oxygen atoms in total. The Morgan fingerprint density at radius 2 is 1.71 bits per heavy atom. The summed E-state index contributed by atoms with van der Waals surface area (Å²) >= 11 is 0. The predicted octanol–water partition coefficient (Wildman–Crippen LogP) is 2.62. The quantitative estimate of drug-likeness (QED) is 0.586. The average molecular weight is 353 g/mol. The van der Waals surface area contributed by atoms with Gasteiger partial charge in [0.2, 0.25) is 0 Å². The number of nitrogens with zero attached hydrogens (tertiary/aromatic N) is 1. The monoisotopic (exact) mass is 352 g/mol. The zero-order chi connectivity index (χ0) is 17.8. The van der Waals surface area contributed by atoms with Crippen molar-refractivity contribution in [2.75, 3.05) is 41.0 Å². The number of benzene rings is 1. The smallest absolute Gasteiger partial charge is 0.377 e. The van der Waals surface area contributed by atoms with Crippen LogP contribution in [-0.2, 0) is 13.3 Å². The van der Waals surface area contributed by atoms with E-state index in [2.05, 4.69) is 36.1 Å². The lowest BCUT2D eigenvalue weighted by Gasteiger charge is -2.29. The molecule has 0 bridgehead atoms. The molecule has 0 fully saturated rings. The van der Waals surface area contributed by atoms with Gasteiger partial charge in [0.05, 0.1) is 0 Å². The molecule has 6 heteroatoms. The van der Waals surface area contributed by atoms with Crippen LogP contribution < -0.4 is 5.73 Å². The van der Waals surface area contributed by atoms with Crippen LogP contribution >= 0.6 is 0 Å². The maximum atomic E-state index is 5.78. The van der Waals surface area contributed by atoms with Crippen molar-refractivity contribution in [3.63, 3.8) is 0 Å². The van der Waals surface area contributed by atoms with Crippen molar-refractivity contribution in [1.82, 2.24) is 4.90 Å². The van der Waals surface area contributed by atoms with Gasteiger partial charge in [-0.1, -0.05) is 42.5 Å². The van der Waals surface area contributed by atoms with E-state index in [9.17, 15) is 0 Å². The molecule has 136 valence electrons. The fourth-order valence-electron chi connectivity index (χ4n) is 2.68. The van der Waals surface area contributed by atoms with E-state index in [1.165, 1.54) is 5.56 Å². The largest absolute Gasteiger partial charge is 0.500 e. The third kappa shape index (κ3) is 6.84. The zero-order valence-corrected chi connectivity index (χ0v) is 16.4. The van der Waals surface area contributed by atoms with E-state index >= 15 is 0 Å². The van der Waals surface area contributed by atoms with E-state index in [-0.39, 0.29) is 0 Å². The van der Waals surface area contributed by atoms with Gasteiger partial charge in [-0.15, -0.1) is 0 Å². The van der Waals surface area contributed by atoms with Crippen molar-refractivity contribution in [2.45, 2.75) is 25.4 Å². The molecule has 0 spiro atoms. The maximum Gasteiger partial charge on any atom is 0.500 e. The summed E-state index contributed by atoms with van der Waals surface area (Å²) in [7, 11) is 2.48. The summed E-state index contributed by atoms with van der Waals surface area (Å²) in [5.74, 6) is 0. The van der Waals surface area contributed by atoms with Crippen LogP contribution in [0.1, 0.15) is 18.9 Å². The van der Waals surface area contributed by atoms with Crippen molar-refractivity contribution in [3.8, 4) is 0 Å². The molecule has 1 atom stereocenters. The van der Waals surface area contributed by atoms with Gasteiger partial charge in [0.15, 0.2) is 0 Å². The third-order valence-electron chi connectivity index (χ3n) is 4.22. The first kappa shape index (κ1) is 21.0. The Bertz CT molecular complexity index is 458. The minimum absolute atomic E-state index is 0.317. The van der Waals surface area contributed by atoms with E-state index < -0.39 is 8.80 Å². The van der Waals surface area contributed by atoms with Gasteiger partial charge in [-0.05, 0) is 25.5 Å². The van der Waals surface area contributed by atoms with Crippen molar-refractivity contribution < 1.29 is 13.3 Å². The van der Waals surface area contributed by atoms with Crippen molar-refractivity contribution in [3.05, 3.63) is 42.0 Å². The minimum atomic E-state index is -2.49. The van der Waals surface area contributed by atoms with Gasteiger partial charge in [-0.2, -0.15) is 0 Å². The summed E-state index contributed by atoms with van der Waals surface area (Å²) in [6.45, 7) is 4.64. The van der Waals surface area contributed by atoms with Crippen LogP contribution in [-0.4, -0.2) is 60.7 Å². The molecule has 1 aromatic rings. The highest BCUT2D eigenvalue weighted by Gasteiger charge is 2.37. The standard InChI is InChI=1S/C18H32N2O3Si/c1-17(11-12-18-9-6-5-7-10-18)20(15-13-19)14-8-16-24(21-2,22-3)23-4/h5-7,9-12,17H,8,13-16,19H2,1-4H3. The molecule has 0 aliphatic rings. The Hall–Kier alpha value is -1.02. The molecule has 2 N–H and O–H groups in total. The Morgan fingerprint density at radius 1 is 1.08 bits per heavy atom. The highest BCUT2D eigenvalue weighted by atomic mass is 28.4. The number of nitrogens with two attached hydrogens (primary N) is 1. The van der Waals surface area contributed by atoms with Gasteiger partial charge in [-0.25, -0.2) is 0 Å². The van der Waals surface area contributed by atoms with Crippen LogP contribution in [0.2, 0.25) is 6.04 Å². The second-order valence-corrected chi connectivity index (χ2v) is 8.82. The van der Waals surface area contributed by atoms with Crippen molar-refractivity contribution >= 4 is 14.9 Å². The lowest BCUT2D eigenvalue weighted by molar-refractivity contribution is 0.121. The van der Waals surface area contributed by atoms with E-state index in [4.69, 9.17) is 19.0 Å². The van der Waals surface area contributed by atoms with Crippen LogP contribution in [0.25, 0.3) is 6.08 Å². The first-order valence-corrected chi connectivity index (χ1v) is 10.4. The second kappa shape index (κ2) is 11.5. The first-order valence-electron chi connectivity index (χ1n) is 8.43. The molecule has 0 aromatic heterocycles. The third-order valence-corrected chi connectivity index (χ3v) is 7.05. The fourth-order valence-corrected chi connectivity index (χ4v) is 4.38. The SMILES string of the molecule is CO[Si](CCCN(CCN)C(C)C=Cc1ccccc1)(OC)OC. The molecule has 0 radical (unpaired) electrons. The van der Waals surface area contributed by atoms with Crippen LogP contribution in [0.5, 0.6) is 0 Å². The number of hydrogen-bond acceptors (Lipinski definition) is 5. The van der Waals surface area contributed by atoms with Crippen LogP contribution in [0.15, 0.2) is 36.4 Å². The van der Waals surface area contributed by atoms with Gasteiger partial charge in [0.1, 0.15) is 0 Å². The molecule has 0 saturated heterocycles. The molecule has 1 unspecified atom stereocenters. The van der Waals surface area contributed by atoms with E-state index in [1.807, 2.05) is 18.2 Å². The molecule has 0 aliphatic heterocycles. The van der Waals surface area contributed by atoms with Crippen molar-refractivity contribution in [1.29, 1.82) is 0 Å². The van der Waals surface area contributed by atoms with Gasteiger partial charge in [0.25, 0.3) is 0 Å². The second-order valence-electron chi connectivity index (χ2n) is 5.73. The highest BCUT2D eigenvalue weighted by Crippen LogP contribution is 2.16. The van der Waals surface area contributed by atoms with Crippen LogP contribution in [0.3, 0.4) is 0 Å². The predicted molar refractivity (Wildman–Crippen MR) is 102 cm³/mol. The van der Waals surface area contributed by atoms with Gasteiger partial charge >= 0.3 is 8.80 Å². The molecule has 0 heterocycles. The lowest BCUT2D eigenvalue weighted by Crippen LogP contribution is -2.44. The normalized spacial score (nSPS) is 13.8. The minimum Gasteiger partial charge on any atom is -0.377 e. The Kier molecular flexibility index (Phi) is 10.1. The fraction of sp³-hybridized carbons (Fsp3) is 0.556. The molecule has 0 aliphatic carbocycles. The summed E-state index contributed by atoms with van der Waals surface area (Å²) in [6, 6.07) is 11.4. The molecular weight excluding hydrogens is 320 g/mol. The van der Waals surface area contributed by atoms with Gasteiger partial charge in [0, 0.05) is 46.5 Å². The van der Waals surface area contributed by atoms with E-state index in [0.717, 1.165) is 25.6 Å². The molecule has 24 heavy (non-hydrogen) atoms. The zero-order valence-electron chi connectivity index (χ0n) is 15.4. The highest BCUT2D eigenvalue weighted by molar-refractivity contribution is 6.60. The van der Waals surface area contributed by atoms with Gasteiger partial charge in [-0.3, -0.25) is 4.90 Å². The molecule has 1 aromatic carbocycles. The van der Waals surface area contributed by atoms with Gasteiger partial charge < -0.3 is 19.0 Å². The summed E-state index contributed by atoms with van der Waals surface area (Å²) in [5.41, 5.74) is 6.99. The van der Waals surface area contributed by atoms with E-state index in [0.29, 0.717) is 12.6 Å². The summed E-state index contributed by atoms with van der Waals surface area (Å²) in [5, 5.41) is 0. The summed E-state index contributed by atoms with van der Waals surface area (Å²) in [6.07, 6.45) is 5.33. The number of rotatable bonds is 12. The van der Waals surface area contributed by atoms with Crippen LogP contribution in [0.4, 0.5) is 0 Å². The van der Waals surface area contributed by atoms with Crippen molar-refractivity contribution in [2.24, 2.45) is 5.73 Å². The molecule has 0 saturated carbocycles. The average Bonchev–Trinajstić information content (AvgIpc) is 2.64. The molecule has 0 amide bonds.